The van der Waals surface area contributed by atoms with E-state index >= 15 is 0 Å². The lowest BCUT2D eigenvalue weighted by Crippen LogP contribution is -2.03. The molecule has 0 saturated carbocycles. The highest BCUT2D eigenvalue weighted by Crippen LogP contribution is 2.41. The summed E-state index contributed by atoms with van der Waals surface area (Å²) >= 11 is 4.07. The molecule has 0 atom stereocenters. The van der Waals surface area contributed by atoms with Crippen LogP contribution in [0.4, 0.5) is 0 Å². The number of halogens is 1. The summed E-state index contributed by atoms with van der Waals surface area (Å²) < 4.78 is 8.68. The Labute approximate surface area is 183 Å². The van der Waals surface area contributed by atoms with Crippen molar-refractivity contribution >= 4 is 47.0 Å². The van der Waals surface area contributed by atoms with Crippen LogP contribution in [0.2, 0.25) is 0 Å². The molecule has 0 saturated heterocycles. The Bertz CT molecular complexity index is 861. The maximum absolute atomic E-state index is 6.10. The van der Waals surface area contributed by atoms with Crippen molar-refractivity contribution in [3.05, 3.63) is 59.9 Å². The standard InChI is InChI=1S/C22H28N2OS2.ClH/c1-4-13-26-22(27-14-5-2)17-9-8-10-18(15-17)25-16-21-23-19-11-6-7-12-20(19)24(21)3;/h6-12,15,22H,4-5,13-14,16H2,1-3H3;1H. The molecule has 0 amide bonds. The number of para-hydroxylation sites is 2. The maximum atomic E-state index is 6.10. The summed E-state index contributed by atoms with van der Waals surface area (Å²) in [7, 11) is 2.04. The van der Waals surface area contributed by atoms with Gasteiger partial charge in [0.2, 0.25) is 0 Å². The first-order chi connectivity index (χ1) is 13.2. The molecule has 152 valence electrons. The third-order valence-corrected chi connectivity index (χ3v) is 7.58. The molecule has 1 aromatic heterocycles. The number of thioether (sulfide) groups is 2. The van der Waals surface area contributed by atoms with Gasteiger partial charge in [-0.15, -0.1) is 35.9 Å². The zero-order valence-electron chi connectivity index (χ0n) is 16.8. The van der Waals surface area contributed by atoms with E-state index in [0.717, 1.165) is 22.6 Å². The molecule has 3 aromatic rings. The quantitative estimate of drug-likeness (QED) is 0.324. The third-order valence-electron chi connectivity index (χ3n) is 4.32. The number of benzene rings is 2. The largest absolute Gasteiger partial charge is 0.486 e. The molecule has 0 unspecified atom stereocenters. The van der Waals surface area contributed by atoms with Crippen LogP contribution in [0.15, 0.2) is 48.5 Å². The summed E-state index contributed by atoms with van der Waals surface area (Å²) in [5.74, 6) is 4.23. The third kappa shape index (κ3) is 5.85. The fourth-order valence-corrected chi connectivity index (χ4v) is 5.45. The molecule has 0 fully saturated rings. The Morgan fingerprint density at radius 3 is 2.39 bits per heavy atom. The molecule has 0 radical (unpaired) electrons. The van der Waals surface area contributed by atoms with Crippen LogP contribution >= 0.6 is 35.9 Å². The molecule has 3 nitrogen and oxygen atoms in total. The smallest absolute Gasteiger partial charge is 0.147 e. The lowest BCUT2D eigenvalue weighted by molar-refractivity contribution is 0.292. The minimum Gasteiger partial charge on any atom is -0.486 e. The molecule has 1 heterocycles. The molecular formula is C22H29ClN2OS2. The van der Waals surface area contributed by atoms with Gasteiger partial charge in [0.05, 0.1) is 15.6 Å². The molecule has 0 spiro atoms. The first kappa shape index (κ1) is 23.0. The summed E-state index contributed by atoms with van der Waals surface area (Å²) in [6.45, 7) is 4.96. The van der Waals surface area contributed by atoms with Crippen molar-refractivity contribution in [3.8, 4) is 5.75 Å². The van der Waals surface area contributed by atoms with Crippen molar-refractivity contribution in [3.63, 3.8) is 0 Å². The Morgan fingerprint density at radius 1 is 1.00 bits per heavy atom. The highest BCUT2D eigenvalue weighted by molar-refractivity contribution is 8.16. The molecule has 0 aliphatic carbocycles. The number of nitrogens with zero attached hydrogens (tertiary/aromatic N) is 2. The van der Waals surface area contributed by atoms with Crippen LogP contribution in [0.25, 0.3) is 11.0 Å². The van der Waals surface area contributed by atoms with E-state index in [0.29, 0.717) is 11.2 Å². The molecule has 2 aromatic carbocycles. The topological polar surface area (TPSA) is 27.1 Å². The fraction of sp³-hybridized carbons (Fsp3) is 0.409. The average Bonchev–Trinajstić information content (AvgIpc) is 3.03. The SMILES string of the molecule is CCCSC(SCCC)c1cccc(OCc2nc3ccccc3n2C)c1.Cl. The minimum absolute atomic E-state index is 0. The van der Waals surface area contributed by atoms with Gasteiger partial charge in [-0.2, -0.15) is 0 Å². The van der Waals surface area contributed by atoms with Gasteiger partial charge in [0.25, 0.3) is 0 Å². The molecule has 0 N–H and O–H groups in total. The Kier molecular flexibility index (Phi) is 9.56. The maximum Gasteiger partial charge on any atom is 0.147 e. The monoisotopic (exact) mass is 436 g/mol. The second-order valence-electron chi connectivity index (χ2n) is 6.51. The van der Waals surface area contributed by atoms with E-state index in [9.17, 15) is 0 Å². The molecule has 0 bridgehead atoms. The molecule has 3 rings (SSSR count). The Morgan fingerprint density at radius 2 is 1.71 bits per heavy atom. The van der Waals surface area contributed by atoms with Gasteiger partial charge in [-0.05, 0) is 54.2 Å². The van der Waals surface area contributed by atoms with E-state index in [4.69, 9.17) is 9.72 Å². The molecule has 0 aliphatic heterocycles. The first-order valence-electron chi connectivity index (χ1n) is 9.59. The van der Waals surface area contributed by atoms with Crippen molar-refractivity contribution in [2.45, 2.75) is 37.9 Å². The van der Waals surface area contributed by atoms with Crippen molar-refractivity contribution in [2.24, 2.45) is 7.05 Å². The van der Waals surface area contributed by atoms with Gasteiger partial charge in [0, 0.05) is 7.05 Å². The number of hydrogen-bond donors (Lipinski definition) is 0. The van der Waals surface area contributed by atoms with E-state index in [2.05, 4.69) is 42.7 Å². The van der Waals surface area contributed by atoms with E-state index in [1.54, 1.807) is 0 Å². The van der Waals surface area contributed by atoms with Gasteiger partial charge in [-0.25, -0.2) is 4.98 Å². The summed E-state index contributed by atoms with van der Waals surface area (Å²) in [6.07, 6.45) is 2.41. The second-order valence-corrected chi connectivity index (χ2v) is 9.23. The van der Waals surface area contributed by atoms with E-state index in [1.807, 2.05) is 54.8 Å². The van der Waals surface area contributed by atoms with Crippen molar-refractivity contribution in [1.29, 1.82) is 0 Å². The van der Waals surface area contributed by atoms with Crippen LogP contribution in [0, 0.1) is 0 Å². The number of hydrogen-bond acceptors (Lipinski definition) is 4. The Hall–Kier alpha value is -1.30. The Balaban J connectivity index is 0.00000280. The normalized spacial score (nSPS) is 11.0. The van der Waals surface area contributed by atoms with Crippen LogP contribution in [0.5, 0.6) is 5.75 Å². The van der Waals surface area contributed by atoms with Gasteiger partial charge >= 0.3 is 0 Å². The summed E-state index contributed by atoms with van der Waals surface area (Å²) in [6, 6.07) is 16.7. The number of aromatic nitrogens is 2. The first-order valence-corrected chi connectivity index (χ1v) is 11.7. The molecule has 28 heavy (non-hydrogen) atoms. The molecular weight excluding hydrogens is 408 g/mol. The number of rotatable bonds is 10. The van der Waals surface area contributed by atoms with Crippen LogP contribution in [0.1, 0.15) is 42.7 Å². The van der Waals surface area contributed by atoms with Crippen molar-refractivity contribution < 1.29 is 4.74 Å². The van der Waals surface area contributed by atoms with Crippen LogP contribution in [-0.2, 0) is 13.7 Å². The van der Waals surface area contributed by atoms with E-state index in [-0.39, 0.29) is 12.4 Å². The van der Waals surface area contributed by atoms with E-state index < -0.39 is 0 Å². The molecule has 0 aliphatic rings. The van der Waals surface area contributed by atoms with Crippen molar-refractivity contribution in [1.82, 2.24) is 9.55 Å². The zero-order valence-corrected chi connectivity index (χ0v) is 19.2. The number of imidazole rings is 1. The summed E-state index contributed by atoms with van der Waals surface area (Å²) in [5.41, 5.74) is 3.49. The van der Waals surface area contributed by atoms with Crippen LogP contribution < -0.4 is 4.74 Å². The highest BCUT2D eigenvalue weighted by atomic mass is 35.5. The van der Waals surface area contributed by atoms with Crippen molar-refractivity contribution in [2.75, 3.05) is 11.5 Å². The zero-order chi connectivity index (χ0) is 19.1. The lowest BCUT2D eigenvalue weighted by Gasteiger charge is -2.17. The fourth-order valence-electron chi connectivity index (χ4n) is 2.91. The summed E-state index contributed by atoms with van der Waals surface area (Å²) in [5, 5.41) is 0. The average molecular weight is 437 g/mol. The number of aryl methyl sites for hydroxylation is 1. The highest BCUT2D eigenvalue weighted by Gasteiger charge is 2.13. The number of ether oxygens (including phenoxy) is 1. The van der Waals surface area contributed by atoms with Gasteiger partial charge in [-0.1, -0.05) is 38.1 Å². The lowest BCUT2D eigenvalue weighted by atomic mass is 10.2. The van der Waals surface area contributed by atoms with E-state index in [1.165, 1.54) is 29.9 Å². The van der Waals surface area contributed by atoms with Crippen LogP contribution in [0.3, 0.4) is 0 Å². The minimum atomic E-state index is 0. The van der Waals surface area contributed by atoms with Gasteiger partial charge < -0.3 is 9.30 Å². The number of fused-ring (bicyclic) bond motifs is 1. The predicted octanol–water partition coefficient (Wildman–Crippen LogP) is 6.86. The van der Waals surface area contributed by atoms with Gasteiger partial charge in [-0.3, -0.25) is 0 Å². The van der Waals surface area contributed by atoms with Crippen LogP contribution in [-0.4, -0.2) is 21.1 Å². The summed E-state index contributed by atoms with van der Waals surface area (Å²) in [4.78, 5) is 4.70. The van der Waals surface area contributed by atoms with Gasteiger partial charge in [0.1, 0.15) is 18.2 Å². The second kappa shape index (κ2) is 11.6. The predicted molar refractivity (Wildman–Crippen MR) is 127 cm³/mol. The van der Waals surface area contributed by atoms with Gasteiger partial charge in [0.15, 0.2) is 0 Å². The molecule has 6 heteroatoms.